The van der Waals surface area contributed by atoms with Gasteiger partial charge in [0.2, 0.25) is 0 Å². The van der Waals surface area contributed by atoms with Gasteiger partial charge < -0.3 is 10.4 Å². The lowest BCUT2D eigenvalue weighted by molar-refractivity contribution is -0.776. The van der Waals surface area contributed by atoms with E-state index in [1.54, 1.807) is 0 Å². The van der Waals surface area contributed by atoms with Crippen molar-refractivity contribution in [3.05, 3.63) is 24.5 Å². The molecule has 6 rings (SSSR count). The average Bonchev–Trinajstić information content (AvgIpc) is 2.61. The molecule has 5 saturated carbocycles. The molecule has 0 amide bonds. The highest BCUT2D eigenvalue weighted by Crippen LogP contribution is 2.56. The van der Waals surface area contributed by atoms with E-state index in [2.05, 4.69) is 41.0 Å². The van der Waals surface area contributed by atoms with E-state index in [0.29, 0.717) is 5.54 Å². The standard InChI is InChI=1S/C22H33N2.H2O/c1-23(20-5-3-2-4-6-20)21-7-9-24(10-8-21)22-14-17-11-18(15-22)13-19(12-17)16-22;/h7-10,17-20H,2-6,11-16H2,1H3;1H2/q+1;/p-1. The molecule has 0 unspecified atom stereocenters. The smallest absolute Gasteiger partial charge is 0.171 e. The highest BCUT2D eigenvalue weighted by atomic mass is 16.0. The van der Waals surface area contributed by atoms with Gasteiger partial charge in [-0.2, -0.15) is 4.57 Å². The second kappa shape index (κ2) is 6.57. The molecule has 138 valence electrons. The molecule has 1 aromatic rings. The maximum atomic E-state index is 2.62. The highest BCUT2D eigenvalue weighted by molar-refractivity contribution is 5.44. The summed E-state index contributed by atoms with van der Waals surface area (Å²) in [5.41, 5.74) is 1.89. The molecule has 0 aromatic carbocycles. The zero-order valence-corrected chi connectivity index (χ0v) is 15.7. The zero-order chi connectivity index (χ0) is 16.1. The highest BCUT2D eigenvalue weighted by Gasteiger charge is 2.56. The minimum absolute atomic E-state index is 0. The normalized spacial score (nSPS) is 36.9. The van der Waals surface area contributed by atoms with Gasteiger partial charge in [-0.25, -0.2) is 0 Å². The van der Waals surface area contributed by atoms with Crippen LogP contribution in [0.1, 0.15) is 70.6 Å². The number of hydrogen-bond donors (Lipinski definition) is 0. The molecule has 5 fully saturated rings. The van der Waals surface area contributed by atoms with Gasteiger partial charge in [-0.1, -0.05) is 19.3 Å². The molecule has 0 saturated heterocycles. The van der Waals surface area contributed by atoms with Crippen LogP contribution in [0.4, 0.5) is 5.69 Å². The van der Waals surface area contributed by atoms with Crippen LogP contribution in [0, 0.1) is 17.8 Å². The lowest BCUT2D eigenvalue weighted by atomic mass is 9.53. The second-order valence-electron chi connectivity index (χ2n) is 9.51. The summed E-state index contributed by atoms with van der Waals surface area (Å²) < 4.78 is 2.62. The zero-order valence-electron chi connectivity index (χ0n) is 15.7. The lowest BCUT2D eigenvalue weighted by Crippen LogP contribution is -2.64. The molecular formula is C22H34N2O. The molecular weight excluding hydrogens is 308 g/mol. The Morgan fingerprint density at radius 2 is 1.40 bits per heavy atom. The van der Waals surface area contributed by atoms with Crippen molar-refractivity contribution in [3.8, 4) is 0 Å². The van der Waals surface area contributed by atoms with Gasteiger partial charge in [0.1, 0.15) is 0 Å². The fraction of sp³-hybridized carbons (Fsp3) is 0.773. The minimum Gasteiger partial charge on any atom is -0.870 e. The van der Waals surface area contributed by atoms with Gasteiger partial charge >= 0.3 is 0 Å². The summed E-state index contributed by atoms with van der Waals surface area (Å²) in [5.74, 6) is 3.06. The number of rotatable bonds is 3. The summed E-state index contributed by atoms with van der Waals surface area (Å²) in [6.45, 7) is 0. The Hall–Kier alpha value is -1.09. The number of nitrogens with zero attached hydrogens (tertiary/aromatic N) is 2. The number of pyridine rings is 1. The first-order valence-electron chi connectivity index (χ1n) is 10.5. The van der Waals surface area contributed by atoms with Crippen molar-refractivity contribution in [1.82, 2.24) is 0 Å². The third kappa shape index (κ3) is 2.99. The van der Waals surface area contributed by atoms with Crippen LogP contribution >= 0.6 is 0 Å². The van der Waals surface area contributed by atoms with Gasteiger partial charge in [0.25, 0.3) is 0 Å². The van der Waals surface area contributed by atoms with Crippen LogP contribution in [0.5, 0.6) is 0 Å². The minimum atomic E-state index is 0. The van der Waals surface area contributed by atoms with Gasteiger partial charge in [0.05, 0.1) is 0 Å². The quantitative estimate of drug-likeness (QED) is 0.759. The van der Waals surface area contributed by atoms with Crippen LogP contribution in [0.2, 0.25) is 0 Å². The maximum absolute atomic E-state index is 2.62. The van der Waals surface area contributed by atoms with Crippen molar-refractivity contribution in [2.75, 3.05) is 11.9 Å². The van der Waals surface area contributed by atoms with E-state index < -0.39 is 0 Å². The molecule has 0 aliphatic heterocycles. The molecule has 1 aromatic heterocycles. The van der Waals surface area contributed by atoms with Crippen molar-refractivity contribution in [2.24, 2.45) is 17.8 Å². The predicted molar refractivity (Wildman–Crippen MR) is 100.0 cm³/mol. The molecule has 5 aliphatic rings. The summed E-state index contributed by atoms with van der Waals surface area (Å²) in [5, 5.41) is 0. The monoisotopic (exact) mass is 342 g/mol. The average molecular weight is 343 g/mol. The fourth-order valence-electron chi connectivity index (χ4n) is 7.03. The number of hydrogen-bond acceptors (Lipinski definition) is 2. The van der Waals surface area contributed by atoms with Crippen LogP contribution in [0.3, 0.4) is 0 Å². The first-order chi connectivity index (χ1) is 11.7. The Labute approximate surface area is 152 Å². The third-order valence-electron chi connectivity index (χ3n) is 7.90. The van der Waals surface area contributed by atoms with Gasteiger partial charge in [-0.15, -0.1) is 0 Å². The van der Waals surface area contributed by atoms with Gasteiger partial charge in [-0.05, 0) is 49.9 Å². The van der Waals surface area contributed by atoms with E-state index in [1.807, 2.05) is 0 Å². The van der Waals surface area contributed by atoms with Crippen molar-refractivity contribution in [1.29, 1.82) is 0 Å². The summed E-state index contributed by atoms with van der Waals surface area (Å²) in [6.07, 6.45) is 20.8. The van der Waals surface area contributed by atoms with Crippen molar-refractivity contribution < 1.29 is 10.0 Å². The first-order valence-corrected chi connectivity index (χ1v) is 10.5. The molecule has 0 atom stereocenters. The summed E-state index contributed by atoms with van der Waals surface area (Å²) >= 11 is 0. The van der Waals surface area contributed by atoms with E-state index in [9.17, 15) is 0 Å². The molecule has 25 heavy (non-hydrogen) atoms. The second-order valence-corrected chi connectivity index (χ2v) is 9.51. The maximum Gasteiger partial charge on any atom is 0.171 e. The largest absolute Gasteiger partial charge is 0.870 e. The van der Waals surface area contributed by atoms with E-state index in [1.165, 1.54) is 76.3 Å². The molecule has 1 heterocycles. The Balaban J connectivity index is 0.00000157. The summed E-state index contributed by atoms with van der Waals surface area (Å²) in [4.78, 5) is 2.54. The van der Waals surface area contributed by atoms with Gasteiger partial charge in [-0.3, -0.25) is 0 Å². The third-order valence-corrected chi connectivity index (χ3v) is 7.90. The lowest BCUT2D eigenvalue weighted by Gasteiger charge is -2.53. The molecule has 0 spiro atoms. The number of anilines is 1. The fourth-order valence-corrected chi connectivity index (χ4v) is 7.03. The van der Waals surface area contributed by atoms with Crippen molar-refractivity contribution >= 4 is 5.69 Å². The predicted octanol–water partition coefficient (Wildman–Crippen LogP) is 4.49. The molecule has 1 N–H and O–H groups in total. The molecule has 4 bridgehead atoms. The van der Waals surface area contributed by atoms with E-state index >= 15 is 0 Å². The van der Waals surface area contributed by atoms with Crippen LogP contribution in [-0.4, -0.2) is 18.6 Å². The molecule has 3 heteroatoms. The van der Waals surface area contributed by atoms with Gasteiger partial charge in [0, 0.05) is 50.2 Å². The topological polar surface area (TPSA) is 37.1 Å². The van der Waals surface area contributed by atoms with E-state index in [0.717, 1.165) is 23.8 Å². The Kier molecular flexibility index (Phi) is 4.56. The number of aromatic nitrogens is 1. The van der Waals surface area contributed by atoms with E-state index in [-0.39, 0.29) is 5.48 Å². The summed E-state index contributed by atoms with van der Waals surface area (Å²) in [6, 6.07) is 5.55. The summed E-state index contributed by atoms with van der Waals surface area (Å²) in [7, 11) is 2.31. The Morgan fingerprint density at radius 3 is 1.92 bits per heavy atom. The molecule has 5 aliphatic carbocycles. The Morgan fingerprint density at radius 1 is 0.880 bits per heavy atom. The van der Waals surface area contributed by atoms with E-state index in [4.69, 9.17) is 0 Å². The molecule has 3 nitrogen and oxygen atoms in total. The van der Waals surface area contributed by atoms with Crippen LogP contribution in [-0.2, 0) is 5.54 Å². The van der Waals surface area contributed by atoms with Crippen molar-refractivity contribution in [2.45, 2.75) is 82.2 Å². The first kappa shape index (κ1) is 17.3. The van der Waals surface area contributed by atoms with Crippen LogP contribution < -0.4 is 9.47 Å². The van der Waals surface area contributed by atoms with Crippen molar-refractivity contribution in [3.63, 3.8) is 0 Å². The SMILES string of the molecule is CN(c1cc[n+](C23CC4CC(CC(C4)C2)C3)cc1)C1CCCCC1.[OH-]. The Bertz CT molecular complexity index is 555. The van der Waals surface area contributed by atoms with Gasteiger partial charge in [0.15, 0.2) is 17.9 Å². The van der Waals surface area contributed by atoms with Crippen LogP contribution in [0.25, 0.3) is 0 Å². The molecule has 0 radical (unpaired) electrons. The van der Waals surface area contributed by atoms with Crippen LogP contribution in [0.15, 0.2) is 24.5 Å².